The minimum absolute atomic E-state index is 0.240. The Bertz CT molecular complexity index is 1190. The van der Waals surface area contributed by atoms with Crippen LogP contribution in [0.25, 0.3) is 0 Å². The molecule has 0 radical (unpaired) electrons. The molecular formula is C28H36N4O3S. The van der Waals surface area contributed by atoms with E-state index in [0.717, 1.165) is 47.4 Å². The first-order chi connectivity index (χ1) is 17.2. The molecule has 2 fully saturated rings. The van der Waals surface area contributed by atoms with Gasteiger partial charge in [0, 0.05) is 43.5 Å². The Kier molecular flexibility index (Phi) is 6.81. The number of anilines is 1. The number of nitrogens with zero attached hydrogens (tertiary/aromatic N) is 4. The zero-order valence-electron chi connectivity index (χ0n) is 21.7. The number of furan rings is 1. The number of fused-ring (bicyclic) bond motifs is 2. The van der Waals surface area contributed by atoms with E-state index in [1.807, 2.05) is 30.3 Å². The molecule has 192 valence electrons. The number of carbonyl (C=O) groups is 1. The summed E-state index contributed by atoms with van der Waals surface area (Å²) in [7, 11) is 1.67. The summed E-state index contributed by atoms with van der Waals surface area (Å²) < 4.78 is 15.6. The summed E-state index contributed by atoms with van der Waals surface area (Å²) >= 11 is 1.37. The molecule has 2 aliphatic rings. The molecule has 1 aromatic carbocycles. The van der Waals surface area contributed by atoms with Gasteiger partial charge < -0.3 is 19.0 Å². The fourth-order valence-corrected chi connectivity index (χ4v) is 7.08. The van der Waals surface area contributed by atoms with Crippen LogP contribution in [-0.4, -0.2) is 46.4 Å². The maximum Gasteiger partial charge on any atom is 0.224 e. The highest BCUT2D eigenvalue weighted by Crippen LogP contribution is 2.52. The van der Waals surface area contributed by atoms with Gasteiger partial charge in [-0.15, -0.1) is 0 Å². The highest BCUT2D eigenvalue weighted by molar-refractivity contribution is 7.09. The molecule has 8 heteroatoms. The SMILES string of the molecule is COc1cccc(Cc2nsc(N(CCC(=O)N3CC4(C)CC3CC(C)(C)C4)Cc3ccco3)n2)c1. The average Bonchev–Trinajstić information content (AvgIpc) is 3.55. The largest absolute Gasteiger partial charge is 0.497 e. The van der Waals surface area contributed by atoms with Crippen LogP contribution in [0.4, 0.5) is 5.13 Å². The Morgan fingerprint density at radius 2 is 2.11 bits per heavy atom. The van der Waals surface area contributed by atoms with Gasteiger partial charge in [-0.3, -0.25) is 4.79 Å². The van der Waals surface area contributed by atoms with Crippen LogP contribution in [0.1, 0.15) is 63.6 Å². The molecule has 1 amide bonds. The average molecular weight is 509 g/mol. The van der Waals surface area contributed by atoms with Crippen LogP contribution in [0.2, 0.25) is 0 Å². The molecule has 5 rings (SSSR count). The van der Waals surface area contributed by atoms with Gasteiger partial charge in [-0.05, 0) is 59.9 Å². The standard InChI is InChI=1S/C28H36N4O3S/c1-27(2)15-21-16-28(3,18-27)19-32(21)25(33)10-11-31(17-23-9-6-12-35-23)26-29-24(30-36-26)14-20-7-5-8-22(13-20)34-4/h5-9,12-13,21H,10-11,14-19H2,1-4H3. The second-order valence-corrected chi connectivity index (χ2v) is 12.2. The van der Waals surface area contributed by atoms with E-state index in [1.54, 1.807) is 13.4 Å². The minimum atomic E-state index is 0.240. The first-order valence-corrected chi connectivity index (χ1v) is 13.5. The molecule has 1 aliphatic carbocycles. The van der Waals surface area contributed by atoms with Gasteiger partial charge in [0.1, 0.15) is 17.3 Å². The molecule has 1 saturated heterocycles. The van der Waals surface area contributed by atoms with Crippen molar-refractivity contribution in [2.45, 2.75) is 65.5 Å². The third-order valence-electron chi connectivity index (χ3n) is 7.48. The van der Waals surface area contributed by atoms with Gasteiger partial charge >= 0.3 is 0 Å². The van der Waals surface area contributed by atoms with E-state index in [-0.39, 0.29) is 11.3 Å². The summed E-state index contributed by atoms with van der Waals surface area (Å²) in [5.41, 5.74) is 1.64. The monoisotopic (exact) mass is 508 g/mol. The van der Waals surface area contributed by atoms with Gasteiger partial charge in [0.05, 0.1) is 19.9 Å². The van der Waals surface area contributed by atoms with Crippen molar-refractivity contribution in [3.8, 4) is 5.75 Å². The second-order valence-electron chi connectivity index (χ2n) is 11.5. The van der Waals surface area contributed by atoms with Crippen molar-refractivity contribution in [2.24, 2.45) is 10.8 Å². The molecule has 1 aliphatic heterocycles. The highest BCUT2D eigenvalue weighted by Gasteiger charge is 2.50. The normalized spacial score (nSPS) is 22.6. The number of carbonyl (C=O) groups excluding carboxylic acids is 1. The lowest BCUT2D eigenvalue weighted by Gasteiger charge is -2.39. The van der Waals surface area contributed by atoms with E-state index in [9.17, 15) is 4.79 Å². The van der Waals surface area contributed by atoms with Crippen molar-refractivity contribution < 1.29 is 13.9 Å². The topological polar surface area (TPSA) is 71.7 Å². The van der Waals surface area contributed by atoms with E-state index in [0.29, 0.717) is 37.4 Å². The van der Waals surface area contributed by atoms with Gasteiger partial charge in [-0.2, -0.15) is 4.37 Å². The Labute approximate surface area is 217 Å². The van der Waals surface area contributed by atoms with E-state index in [1.165, 1.54) is 18.0 Å². The predicted molar refractivity (Wildman–Crippen MR) is 141 cm³/mol. The molecule has 2 aromatic heterocycles. The molecule has 0 N–H and O–H groups in total. The molecule has 0 spiro atoms. The van der Waals surface area contributed by atoms with Crippen molar-refractivity contribution >= 4 is 22.6 Å². The van der Waals surface area contributed by atoms with Gasteiger partial charge in [-0.1, -0.05) is 32.9 Å². The van der Waals surface area contributed by atoms with E-state index in [4.69, 9.17) is 14.1 Å². The number of ether oxygens (including phenoxy) is 1. The maximum absolute atomic E-state index is 13.4. The molecular weight excluding hydrogens is 472 g/mol. The third kappa shape index (κ3) is 5.59. The number of aromatic nitrogens is 2. The minimum Gasteiger partial charge on any atom is -0.497 e. The van der Waals surface area contributed by atoms with Crippen molar-refractivity contribution in [2.75, 3.05) is 25.1 Å². The summed E-state index contributed by atoms with van der Waals surface area (Å²) in [6.07, 6.45) is 6.17. The summed E-state index contributed by atoms with van der Waals surface area (Å²) in [5.74, 6) is 2.68. The van der Waals surface area contributed by atoms with E-state index >= 15 is 0 Å². The highest BCUT2D eigenvalue weighted by atomic mass is 32.1. The van der Waals surface area contributed by atoms with Crippen LogP contribution in [0, 0.1) is 10.8 Å². The van der Waals surface area contributed by atoms with Crippen molar-refractivity contribution in [1.82, 2.24) is 14.3 Å². The molecule has 1 saturated carbocycles. The Morgan fingerprint density at radius 1 is 1.25 bits per heavy atom. The van der Waals surface area contributed by atoms with Crippen molar-refractivity contribution in [3.63, 3.8) is 0 Å². The second kappa shape index (κ2) is 9.88. The first kappa shape index (κ1) is 24.8. The number of amides is 1. The van der Waals surface area contributed by atoms with Crippen LogP contribution in [0.15, 0.2) is 47.1 Å². The van der Waals surface area contributed by atoms with Crippen molar-refractivity contribution in [3.05, 3.63) is 59.8 Å². The molecule has 36 heavy (non-hydrogen) atoms. The predicted octanol–water partition coefficient (Wildman–Crippen LogP) is 5.55. The van der Waals surface area contributed by atoms with Crippen LogP contribution in [0.5, 0.6) is 5.75 Å². The molecule has 3 heterocycles. The zero-order valence-corrected chi connectivity index (χ0v) is 22.5. The van der Waals surface area contributed by atoms with Crippen LogP contribution >= 0.6 is 11.5 Å². The number of likely N-dealkylation sites (tertiary alicyclic amines) is 1. The van der Waals surface area contributed by atoms with Gasteiger partial charge in [0.25, 0.3) is 0 Å². The molecule has 2 bridgehead atoms. The number of methoxy groups -OCH3 is 1. The quantitative estimate of drug-likeness (QED) is 0.377. The summed E-state index contributed by atoms with van der Waals surface area (Å²) in [4.78, 5) is 22.5. The van der Waals surface area contributed by atoms with Crippen LogP contribution < -0.4 is 9.64 Å². The third-order valence-corrected chi connectivity index (χ3v) is 8.30. The number of hydrogen-bond acceptors (Lipinski definition) is 7. The smallest absolute Gasteiger partial charge is 0.224 e. The zero-order chi connectivity index (χ0) is 25.3. The lowest BCUT2D eigenvalue weighted by atomic mass is 9.65. The Balaban J connectivity index is 1.27. The Morgan fingerprint density at radius 3 is 2.89 bits per heavy atom. The first-order valence-electron chi connectivity index (χ1n) is 12.7. The van der Waals surface area contributed by atoms with Crippen LogP contribution in [0.3, 0.4) is 0 Å². The number of rotatable bonds is 9. The fraction of sp³-hybridized carbons (Fsp3) is 0.536. The van der Waals surface area contributed by atoms with Gasteiger partial charge in [0.15, 0.2) is 0 Å². The number of hydrogen-bond donors (Lipinski definition) is 0. The summed E-state index contributed by atoms with van der Waals surface area (Å²) in [6, 6.07) is 12.2. The van der Waals surface area contributed by atoms with Crippen LogP contribution in [-0.2, 0) is 17.8 Å². The lowest BCUT2D eigenvalue weighted by Crippen LogP contribution is -2.39. The molecule has 7 nitrogen and oxygen atoms in total. The lowest BCUT2D eigenvalue weighted by molar-refractivity contribution is -0.132. The Hall–Kier alpha value is -2.87. The van der Waals surface area contributed by atoms with E-state index in [2.05, 4.69) is 41.0 Å². The molecule has 2 atom stereocenters. The van der Waals surface area contributed by atoms with Gasteiger partial charge in [-0.25, -0.2) is 4.98 Å². The summed E-state index contributed by atoms with van der Waals surface area (Å²) in [6.45, 7) is 9.05. The fourth-order valence-electron chi connectivity index (χ4n) is 6.37. The summed E-state index contributed by atoms with van der Waals surface area (Å²) in [5, 5.41) is 0.811. The van der Waals surface area contributed by atoms with E-state index < -0.39 is 0 Å². The van der Waals surface area contributed by atoms with Crippen molar-refractivity contribution in [1.29, 1.82) is 0 Å². The molecule has 3 aromatic rings. The maximum atomic E-state index is 13.4. The molecule has 2 unspecified atom stereocenters. The number of benzene rings is 1. The van der Waals surface area contributed by atoms with Gasteiger partial charge in [0.2, 0.25) is 11.0 Å².